The highest BCUT2D eigenvalue weighted by Crippen LogP contribution is 2.05. The van der Waals surface area contributed by atoms with Crippen LogP contribution < -0.4 is 5.32 Å². The number of amides is 1. The first-order valence-electron chi connectivity index (χ1n) is 6.32. The van der Waals surface area contributed by atoms with Gasteiger partial charge in [0.15, 0.2) is 0 Å². The van der Waals surface area contributed by atoms with E-state index in [4.69, 9.17) is 5.11 Å². The number of unbranched alkanes of at least 4 members (excludes halogenated alkanes) is 1. The number of carbonyl (C=O) groups is 2. The van der Waals surface area contributed by atoms with Gasteiger partial charge in [-0.25, -0.2) is 0 Å². The van der Waals surface area contributed by atoms with Crippen LogP contribution in [0.3, 0.4) is 0 Å². The lowest BCUT2D eigenvalue weighted by Crippen LogP contribution is -2.22. The van der Waals surface area contributed by atoms with Crippen molar-refractivity contribution in [2.45, 2.75) is 26.2 Å². The van der Waals surface area contributed by atoms with E-state index in [0.717, 1.165) is 11.1 Å². The van der Waals surface area contributed by atoms with Gasteiger partial charge in [0.1, 0.15) is 0 Å². The SMILES string of the molecule is Cc1cccc(C=CC(=O)NCCCCC(=O)O)c1. The Morgan fingerprint density at radius 3 is 2.79 bits per heavy atom. The zero-order valence-electron chi connectivity index (χ0n) is 11.1. The van der Waals surface area contributed by atoms with Gasteiger partial charge >= 0.3 is 5.97 Å². The van der Waals surface area contributed by atoms with Gasteiger partial charge in [-0.15, -0.1) is 0 Å². The standard InChI is InChI=1S/C15H19NO3/c1-12-5-4-6-13(11-12)8-9-14(17)16-10-3-2-7-15(18)19/h4-6,8-9,11H,2-3,7,10H2,1H3,(H,16,17)(H,18,19). The molecule has 1 aromatic rings. The Labute approximate surface area is 113 Å². The fraction of sp³-hybridized carbons (Fsp3) is 0.333. The Morgan fingerprint density at radius 2 is 2.11 bits per heavy atom. The molecule has 0 atom stereocenters. The van der Waals surface area contributed by atoms with E-state index in [0.29, 0.717) is 19.4 Å². The summed E-state index contributed by atoms with van der Waals surface area (Å²) in [6.07, 6.45) is 4.66. The van der Waals surface area contributed by atoms with Crippen molar-refractivity contribution in [1.82, 2.24) is 5.32 Å². The minimum absolute atomic E-state index is 0.148. The predicted molar refractivity (Wildman–Crippen MR) is 74.7 cm³/mol. The highest BCUT2D eigenvalue weighted by molar-refractivity contribution is 5.91. The van der Waals surface area contributed by atoms with Gasteiger partial charge in [0.2, 0.25) is 5.91 Å². The molecule has 102 valence electrons. The maximum atomic E-state index is 11.5. The van der Waals surface area contributed by atoms with Crippen molar-refractivity contribution in [1.29, 1.82) is 0 Å². The number of aliphatic carboxylic acids is 1. The van der Waals surface area contributed by atoms with Gasteiger partial charge < -0.3 is 10.4 Å². The number of hydrogen-bond donors (Lipinski definition) is 2. The zero-order valence-corrected chi connectivity index (χ0v) is 11.1. The maximum Gasteiger partial charge on any atom is 0.303 e. The molecule has 0 heterocycles. The van der Waals surface area contributed by atoms with Gasteiger partial charge in [0.25, 0.3) is 0 Å². The molecule has 0 unspecified atom stereocenters. The zero-order chi connectivity index (χ0) is 14.1. The normalized spacial score (nSPS) is 10.6. The second-order valence-electron chi connectivity index (χ2n) is 4.39. The summed E-state index contributed by atoms with van der Waals surface area (Å²) >= 11 is 0. The van der Waals surface area contributed by atoms with Gasteiger partial charge in [0.05, 0.1) is 0 Å². The topological polar surface area (TPSA) is 66.4 Å². The number of carboxylic acid groups (broad SMARTS) is 1. The molecule has 4 nitrogen and oxygen atoms in total. The second-order valence-corrected chi connectivity index (χ2v) is 4.39. The van der Waals surface area contributed by atoms with Gasteiger partial charge in [0, 0.05) is 19.0 Å². The lowest BCUT2D eigenvalue weighted by Gasteiger charge is -2.01. The molecule has 0 fully saturated rings. The second kappa shape index (κ2) is 8.08. The van der Waals surface area contributed by atoms with Crippen LogP contribution in [0.2, 0.25) is 0 Å². The summed E-state index contributed by atoms with van der Waals surface area (Å²) in [4.78, 5) is 21.8. The molecule has 1 aromatic carbocycles. The van der Waals surface area contributed by atoms with E-state index in [1.165, 1.54) is 6.08 Å². The van der Waals surface area contributed by atoms with Gasteiger partial charge in [-0.2, -0.15) is 0 Å². The Kier molecular flexibility index (Phi) is 6.36. The van der Waals surface area contributed by atoms with Crippen LogP contribution in [-0.2, 0) is 9.59 Å². The third-order valence-corrected chi connectivity index (χ3v) is 2.59. The number of benzene rings is 1. The van der Waals surface area contributed by atoms with Gasteiger partial charge in [-0.05, 0) is 31.4 Å². The lowest BCUT2D eigenvalue weighted by molar-refractivity contribution is -0.137. The molecule has 1 amide bonds. The summed E-state index contributed by atoms with van der Waals surface area (Å²) in [6.45, 7) is 2.50. The first kappa shape index (κ1) is 15.0. The first-order chi connectivity index (χ1) is 9.08. The van der Waals surface area contributed by atoms with Crippen LogP contribution in [0.4, 0.5) is 0 Å². The summed E-state index contributed by atoms with van der Waals surface area (Å²) in [5.41, 5.74) is 2.14. The van der Waals surface area contributed by atoms with Crippen molar-refractivity contribution in [3.05, 3.63) is 41.5 Å². The number of rotatable bonds is 7. The fourth-order valence-electron chi connectivity index (χ4n) is 1.62. The molecule has 4 heteroatoms. The van der Waals surface area contributed by atoms with Crippen LogP contribution >= 0.6 is 0 Å². The van der Waals surface area contributed by atoms with E-state index < -0.39 is 5.97 Å². The van der Waals surface area contributed by atoms with Crippen molar-refractivity contribution in [3.8, 4) is 0 Å². The summed E-state index contributed by atoms with van der Waals surface area (Å²) < 4.78 is 0. The molecule has 0 aliphatic heterocycles. The van der Waals surface area contributed by atoms with Crippen molar-refractivity contribution in [3.63, 3.8) is 0 Å². The van der Waals surface area contributed by atoms with Crippen LogP contribution in [0.15, 0.2) is 30.3 Å². The van der Waals surface area contributed by atoms with E-state index in [2.05, 4.69) is 5.32 Å². The monoisotopic (exact) mass is 261 g/mol. The summed E-state index contributed by atoms with van der Waals surface area (Å²) in [5, 5.41) is 11.2. The molecule has 0 radical (unpaired) electrons. The highest BCUT2D eigenvalue weighted by Gasteiger charge is 1.98. The molecule has 0 spiro atoms. The quantitative estimate of drug-likeness (QED) is 0.585. The van der Waals surface area contributed by atoms with E-state index in [-0.39, 0.29) is 12.3 Å². The van der Waals surface area contributed by atoms with Crippen molar-refractivity contribution in [2.24, 2.45) is 0 Å². The third-order valence-electron chi connectivity index (χ3n) is 2.59. The molecular formula is C15H19NO3. The van der Waals surface area contributed by atoms with Crippen LogP contribution in [0.25, 0.3) is 6.08 Å². The Hall–Kier alpha value is -2.10. The molecule has 19 heavy (non-hydrogen) atoms. The first-order valence-corrected chi connectivity index (χ1v) is 6.32. The molecular weight excluding hydrogens is 242 g/mol. The Morgan fingerprint density at radius 1 is 1.32 bits per heavy atom. The number of nitrogens with one attached hydrogen (secondary N) is 1. The molecule has 0 aromatic heterocycles. The van der Waals surface area contributed by atoms with Crippen molar-refractivity contribution >= 4 is 18.0 Å². The summed E-state index contributed by atoms with van der Waals surface area (Å²) in [7, 11) is 0. The van der Waals surface area contributed by atoms with Gasteiger partial charge in [-0.3, -0.25) is 9.59 Å². The molecule has 0 aliphatic carbocycles. The van der Waals surface area contributed by atoms with E-state index in [1.807, 2.05) is 31.2 Å². The summed E-state index contributed by atoms with van der Waals surface area (Å²) in [6, 6.07) is 7.87. The molecule has 0 saturated heterocycles. The van der Waals surface area contributed by atoms with Crippen molar-refractivity contribution in [2.75, 3.05) is 6.54 Å². The average Bonchev–Trinajstić information content (AvgIpc) is 2.35. The maximum absolute atomic E-state index is 11.5. The number of carbonyl (C=O) groups excluding carboxylic acids is 1. The molecule has 0 bridgehead atoms. The van der Waals surface area contributed by atoms with Gasteiger partial charge in [-0.1, -0.05) is 29.8 Å². The van der Waals surface area contributed by atoms with Crippen molar-refractivity contribution < 1.29 is 14.7 Å². The third kappa shape index (κ3) is 7.03. The Balaban J connectivity index is 2.25. The van der Waals surface area contributed by atoms with E-state index >= 15 is 0 Å². The van der Waals surface area contributed by atoms with E-state index in [9.17, 15) is 9.59 Å². The fourth-order valence-corrected chi connectivity index (χ4v) is 1.62. The van der Waals surface area contributed by atoms with Crippen LogP contribution in [-0.4, -0.2) is 23.5 Å². The smallest absolute Gasteiger partial charge is 0.303 e. The van der Waals surface area contributed by atoms with Crippen LogP contribution in [0, 0.1) is 6.92 Å². The number of carboxylic acids is 1. The minimum Gasteiger partial charge on any atom is -0.481 e. The lowest BCUT2D eigenvalue weighted by atomic mass is 10.1. The summed E-state index contributed by atoms with van der Waals surface area (Å²) in [5.74, 6) is -0.956. The largest absolute Gasteiger partial charge is 0.481 e. The molecule has 1 rings (SSSR count). The van der Waals surface area contributed by atoms with E-state index in [1.54, 1.807) is 6.08 Å². The molecule has 0 saturated carbocycles. The Bertz CT molecular complexity index is 466. The molecule has 2 N–H and O–H groups in total. The molecule has 0 aliphatic rings. The van der Waals surface area contributed by atoms with Crippen LogP contribution in [0.5, 0.6) is 0 Å². The number of hydrogen-bond acceptors (Lipinski definition) is 2. The average molecular weight is 261 g/mol. The van der Waals surface area contributed by atoms with Crippen LogP contribution in [0.1, 0.15) is 30.4 Å². The minimum atomic E-state index is -0.800. The highest BCUT2D eigenvalue weighted by atomic mass is 16.4. The predicted octanol–water partition coefficient (Wildman–Crippen LogP) is 2.38. The number of aryl methyl sites for hydroxylation is 1.